The number of nitrogens with zero attached hydrogens (tertiary/aromatic N) is 1. The van der Waals surface area contributed by atoms with Crippen LogP contribution in [0.5, 0.6) is 0 Å². The fourth-order valence-electron chi connectivity index (χ4n) is 5.07. The molecule has 0 saturated carbocycles. The molecule has 2 aromatic carbocycles. The van der Waals surface area contributed by atoms with Crippen LogP contribution in [-0.4, -0.2) is 54.5 Å². The molecule has 0 bridgehead atoms. The Hall–Kier alpha value is -3.19. The van der Waals surface area contributed by atoms with Gasteiger partial charge in [-0.25, -0.2) is 0 Å². The van der Waals surface area contributed by atoms with Gasteiger partial charge in [0, 0.05) is 18.7 Å². The molecule has 1 fully saturated rings. The smallest absolute Gasteiger partial charge is 0.325 e. The van der Waals surface area contributed by atoms with Crippen molar-refractivity contribution in [2.75, 3.05) is 26.2 Å². The van der Waals surface area contributed by atoms with Crippen molar-refractivity contribution < 1.29 is 19.1 Å². The van der Waals surface area contributed by atoms with Crippen molar-refractivity contribution >= 4 is 17.8 Å². The predicted molar refractivity (Wildman–Crippen MR) is 145 cm³/mol. The van der Waals surface area contributed by atoms with Crippen molar-refractivity contribution in [3.05, 3.63) is 71.3 Å². The number of nitrogens with one attached hydrogen (secondary N) is 1. The topological polar surface area (TPSA) is 102 Å². The molecule has 2 amide bonds. The molecule has 7 nitrogen and oxygen atoms in total. The van der Waals surface area contributed by atoms with Crippen molar-refractivity contribution in [2.24, 2.45) is 17.6 Å². The van der Waals surface area contributed by atoms with Gasteiger partial charge < -0.3 is 20.7 Å². The number of likely N-dealkylation sites (tertiary alicyclic amines) is 1. The van der Waals surface area contributed by atoms with Crippen LogP contribution in [0.1, 0.15) is 62.5 Å². The summed E-state index contributed by atoms with van der Waals surface area (Å²) in [5, 5.41) is 2.80. The number of hydrogen-bond donors (Lipinski definition) is 2. The Kier molecular flexibility index (Phi) is 9.13. The van der Waals surface area contributed by atoms with E-state index in [-0.39, 0.29) is 23.8 Å². The van der Waals surface area contributed by atoms with Gasteiger partial charge in [0.1, 0.15) is 12.1 Å². The largest absolute Gasteiger partial charge is 0.459 e. The van der Waals surface area contributed by atoms with Crippen LogP contribution in [-0.2, 0) is 26.2 Å². The van der Waals surface area contributed by atoms with Gasteiger partial charge in [0.2, 0.25) is 11.8 Å². The van der Waals surface area contributed by atoms with Gasteiger partial charge in [0.15, 0.2) is 0 Å². The summed E-state index contributed by atoms with van der Waals surface area (Å²) in [7, 11) is 0. The molecule has 0 radical (unpaired) electrons. The van der Waals surface area contributed by atoms with Crippen molar-refractivity contribution in [1.82, 2.24) is 10.2 Å². The van der Waals surface area contributed by atoms with Gasteiger partial charge in [0.25, 0.3) is 0 Å². The number of benzene rings is 2. The minimum Gasteiger partial charge on any atom is -0.459 e. The molecule has 0 unspecified atom stereocenters. The number of piperidine rings is 1. The van der Waals surface area contributed by atoms with Gasteiger partial charge in [-0.3, -0.25) is 14.4 Å². The van der Waals surface area contributed by atoms with Crippen molar-refractivity contribution in [1.29, 1.82) is 0 Å². The Morgan fingerprint density at radius 2 is 1.84 bits per heavy atom. The van der Waals surface area contributed by atoms with Crippen molar-refractivity contribution in [3.8, 4) is 0 Å². The first-order valence-electron chi connectivity index (χ1n) is 13.0. The lowest BCUT2D eigenvalue weighted by molar-refractivity contribution is -0.154. The monoisotopic (exact) mass is 507 g/mol. The Bertz CT molecular complexity index is 1100. The van der Waals surface area contributed by atoms with Crippen LogP contribution in [0, 0.1) is 11.8 Å². The minimum absolute atomic E-state index is 0.101. The summed E-state index contributed by atoms with van der Waals surface area (Å²) in [6.07, 6.45) is 1.48. The molecule has 1 saturated heterocycles. The number of esters is 1. The van der Waals surface area contributed by atoms with Crippen LogP contribution in [0.3, 0.4) is 0 Å². The Morgan fingerprint density at radius 3 is 2.46 bits per heavy atom. The fraction of sp³-hybridized carbons (Fsp3) is 0.500. The first-order chi connectivity index (χ1) is 17.4. The summed E-state index contributed by atoms with van der Waals surface area (Å²) in [6, 6.07) is 17.6. The van der Waals surface area contributed by atoms with Crippen LogP contribution in [0.4, 0.5) is 0 Å². The van der Waals surface area contributed by atoms with Crippen LogP contribution in [0.25, 0.3) is 0 Å². The highest BCUT2D eigenvalue weighted by Crippen LogP contribution is 2.39. The molecule has 0 spiro atoms. The molecule has 1 heterocycles. The molecule has 3 atom stereocenters. The molecule has 37 heavy (non-hydrogen) atoms. The zero-order chi connectivity index (χ0) is 27.2. The minimum atomic E-state index is -0.598. The van der Waals surface area contributed by atoms with Gasteiger partial charge in [-0.2, -0.15) is 0 Å². The van der Waals surface area contributed by atoms with Crippen LogP contribution < -0.4 is 11.1 Å². The SMILES string of the molecule is C[C@H]1CN(C[C@H](Cc2ccccc2)C(=O)NCC(=O)OC(C)(C)C)CC[C@@]1(C)c1cccc(C(N)=O)c1. The zero-order valence-corrected chi connectivity index (χ0v) is 22.8. The molecule has 200 valence electrons. The van der Waals surface area contributed by atoms with E-state index in [9.17, 15) is 14.4 Å². The number of ether oxygens (including phenoxy) is 1. The molecule has 7 heteroatoms. The van der Waals surface area contributed by atoms with Crippen LogP contribution >= 0.6 is 0 Å². The van der Waals surface area contributed by atoms with Gasteiger partial charge >= 0.3 is 5.97 Å². The Morgan fingerprint density at radius 1 is 1.14 bits per heavy atom. The maximum Gasteiger partial charge on any atom is 0.325 e. The van der Waals surface area contributed by atoms with Crippen molar-refractivity contribution in [2.45, 2.75) is 58.5 Å². The van der Waals surface area contributed by atoms with E-state index in [0.717, 1.165) is 30.6 Å². The lowest BCUT2D eigenvalue weighted by Gasteiger charge is -2.46. The summed E-state index contributed by atoms with van der Waals surface area (Å²) >= 11 is 0. The van der Waals surface area contributed by atoms with E-state index in [1.165, 1.54) is 0 Å². The maximum absolute atomic E-state index is 13.2. The number of primary amides is 1. The first-order valence-corrected chi connectivity index (χ1v) is 13.0. The van der Waals surface area contributed by atoms with Crippen molar-refractivity contribution in [3.63, 3.8) is 0 Å². The fourth-order valence-corrected chi connectivity index (χ4v) is 5.07. The zero-order valence-electron chi connectivity index (χ0n) is 22.8. The molecule has 3 rings (SSSR count). The molecule has 1 aliphatic rings. The average Bonchev–Trinajstić information content (AvgIpc) is 2.84. The third kappa shape index (κ3) is 7.89. The highest BCUT2D eigenvalue weighted by Gasteiger charge is 2.39. The van der Waals surface area contributed by atoms with Crippen LogP contribution in [0.2, 0.25) is 0 Å². The number of carbonyl (C=O) groups is 3. The lowest BCUT2D eigenvalue weighted by atomic mass is 9.67. The molecule has 0 aliphatic carbocycles. The molecular weight excluding hydrogens is 466 g/mol. The second-order valence-corrected chi connectivity index (χ2v) is 11.5. The standard InChI is InChI=1S/C30H41N3O4/c1-21-19-33(15-14-30(21,5)25-13-9-12-23(17-25)27(31)35)20-24(16-22-10-7-6-8-11-22)28(36)32-18-26(34)37-29(2,3)4/h6-13,17,21,24H,14-16,18-20H2,1-5H3,(H2,31,35)(H,32,36)/t21-,24-,30+/m0/s1. The van der Waals surface area contributed by atoms with Gasteiger partial charge in [-0.05, 0) is 74.8 Å². The molecule has 1 aliphatic heterocycles. The second-order valence-electron chi connectivity index (χ2n) is 11.5. The summed E-state index contributed by atoms with van der Waals surface area (Å²) in [5.74, 6) is -1.02. The maximum atomic E-state index is 13.2. The third-order valence-corrected chi connectivity index (χ3v) is 7.37. The van der Waals surface area contributed by atoms with E-state index < -0.39 is 17.5 Å². The van der Waals surface area contributed by atoms with E-state index in [1.807, 2.05) is 42.5 Å². The second kappa shape index (κ2) is 11.9. The van der Waals surface area contributed by atoms with E-state index >= 15 is 0 Å². The quantitative estimate of drug-likeness (QED) is 0.504. The number of carbonyl (C=O) groups excluding carboxylic acids is 3. The summed E-state index contributed by atoms with van der Waals surface area (Å²) in [5.41, 5.74) is 7.54. The van der Waals surface area contributed by atoms with Gasteiger partial charge in [-0.1, -0.05) is 56.3 Å². The number of nitrogens with two attached hydrogens (primary N) is 1. The van der Waals surface area contributed by atoms with E-state index in [1.54, 1.807) is 26.8 Å². The van der Waals surface area contributed by atoms with Gasteiger partial charge in [0.05, 0.1) is 5.92 Å². The van der Waals surface area contributed by atoms with E-state index in [0.29, 0.717) is 24.4 Å². The normalized spacial score (nSPS) is 21.2. The highest BCUT2D eigenvalue weighted by molar-refractivity contribution is 5.93. The number of rotatable bonds is 9. The van der Waals surface area contributed by atoms with E-state index in [2.05, 4.69) is 30.1 Å². The van der Waals surface area contributed by atoms with Crippen LogP contribution in [0.15, 0.2) is 54.6 Å². The Labute approximate surface area is 220 Å². The highest BCUT2D eigenvalue weighted by atomic mass is 16.6. The molecule has 2 aromatic rings. The summed E-state index contributed by atoms with van der Waals surface area (Å²) < 4.78 is 5.35. The molecular formula is C30H41N3O4. The molecule has 3 N–H and O–H groups in total. The summed E-state index contributed by atoms with van der Waals surface area (Å²) in [6.45, 7) is 12.0. The average molecular weight is 508 g/mol. The number of amides is 2. The molecule has 0 aromatic heterocycles. The lowest BCUT2D eigenvalue weighted by Crippen LogP contribution is -2.50. The Balaban J connectivity index is 1.69. The summed E-state index contributed by atoms with van der Waals surface area (Å²) in [4.78, 5) is 39.5. The predicted octanol–water partition coefficient (Wildman–Crippen LogP) is 3.70. The first kappa shape index (κ1) is 28.4. The number of hydrogen-bond acceptors (Lipinski definition) is 5. The van der Waals surface area contributed by atoms with E-state index in [4.69, 9.17) is 10.5 Å². The third-order valence-electron chi connectivity index (χ3n) is 7.37. The van der Waals surface area contributed by atoms with Gasteiger partial charge in [-0.15, -0.1) is 0 Å².